The van der Waals surface area contributed by atoms with E-state index in [0.29, 0.717) is 0 Å². The summed E-state index contributed by atoms with van der Waals surface area (Å²) < 4.78 is 39.1. The van der Waals surface area contributed by atoms with Crippen molar-refractivity contribution in [3.05, 3.63) is 0 Å². The van der Waals surface area contributed by atoms with Crippen LogP contribution in [-0.2, 0) is 38.0 Å². The summed E-state index contributed by atoms with van der Waals surface area (Å²) in [7, 11) is 1.14. The standard InChI is InChI=1S/C28H51NO21/c1-9(35)29-15-24(49-27-21(42)20(41)17(38)11(5-31)46-27)18(39)12(6-32)45-26(15)50-25-19(40)13(7-33)47-28(22(25)43)48-23(14(8-34)44-2)16(37)10(36)3-4-30/h10-28,30-34,36-43H,3-8H2,1-2H3,(H,29,35)/t10-,11?,12?,13?,14?,15?,16?,17?,18?,19?,20?,21?,22?,23?,24?,25?,26?,27?,28?/m1/s1. The van der Waals surface area contributed by atoms with E-state index in [1.54, 1.807) is 0 Å². The first-order chi connectivity index (χ1) is 23.7. The van der Waals surface area contributed by atoms with Crippen LogP contribution in [0.1, 0.15) is 13.3 Å². The fraction of sp³-hybridized carbons (Fsp3) is 0.964. The Bertz CT molecular complexity index is 1010. The first-order valence-electron chi connectivity index (χ1n) is 15.9. The maximum atomic E-state index is 12.3. The number of aliphatic hydroxyl groups is 13. The Balaban J connectivity index is 1.95. The summed E-state index contributed by atoms with van der Waals surface area (Å²) in [6, 6.07) is -1.61. The van der Waals surface area contributed by atoms with Gasteiger partial charge >= 0.3 is 0 Å². The summed E-state index contributed by atoms with van der Waals surface area (Å²) in [5.74, 6) is -0.764. The molecule has 0 radical (unpaired) electrons. The number of carbonyl (C=O) groups excluding carboxylic acids is 1. The molecular formula is C28H51NO21. The van der Waals surface area contributed by atoms with Crippen LogP contribution < -0.4 is 5.32 Å². The molecule has 0 aromatic heterocycles. The Labute approximate surface area is 285 Å². The molecule has 0 aromatic carbocycles. The zero-order chi connectivity index (χ0) is 37.4. The van der Waals surface area contributed by atoms with Gasteiger partial charge in [-0.2, -0.15) is 0 Å². The Kier molecular flexibility index (Phi) is 16.9. The van der Waals surface area contributed by atoms with Crippen LogP contribution >= 0.6 is 0 Å². The van der Waals surface area contributed by atoms with Crippen molar-refractivity contribution < 1.29 is 104 Å². The van der Waals surface area contributed by atoms with Gasteiger partial charge in [0.05, 0.1) is 32.5 Å². The minimum atomic E-state index is -2.04. The van der Waals surface area contributed by atoms with Gasteiger partial charge in [-0.3, -0.25) is 4.79 Å². The lowest BCUT2D eigenvalue weighted by molar-refractivity contribution is -0.372. The smallest absolute Gasteiger partial charge is 0.217 e. The van der Waals surface area contributed by atoms with Crippen LogP contribution in [0.3, 0.4) is 0 Å². The van der Waals surface area contributed by atoms with E-state index in [4.69, 9.17) is 33.2 Å². The summed E-state index contributed by atoms with van der Waals surface area (Å²) in [5, 5.41) is 137. The van der Waals surface area contributed by atoms with E-state index in [1.165, 1.54) is 0 Å². The van der Waals surface area contributed by atoms with Gasteiger partial charge < -0.3 is 105 Å². The molecule has 22 heteroatoms. The number of aliphatic hydroxyl groups excluding tert-OH is 13. The summed E-state index contributed by atoms with van der Waals surface area (Å²) >= 11 is 0. The molecule has 3 saturated heterocycles. The normalized spacial score (nSPS) is 42.0. The second kappa shape index (κ2) is 19.7. The van der Waals surface area contributed by atoms with E-state index in [1.807, 2.05) is 0 Å². The lowest BCUT2D eigenvalue weighted by Gasteiger charge is -2.49. The molecular weight excluding hydrogens is 686 g/mol. The molecule has 0 bridgehead atoms. The molecule has 3 rings (SSSR count). The predicted molar refractivity (Wildman–Crippen MR) is 157 cm³/mol. The highest BCUT2D eigenvalue weighted by molar-refractivity contribution is 5.73. The van der Waals surface area contributed by atoms with Crippen molar-refractivity contribution in [2.24, 2.45) is 0 Å². The lowest BCUT2D eigenvalue weighted by atomic mass is 9.94. The molecule has 0 spiro atoms. The topological polar surface area (TPSA) is 357 Å². The molecule has 0 saturated carbocycles. The summed E-state index contributed by atoms with van der Waals surface area (Å²) in [6.45, 7) is -2.88. The van der Waals surface area contributed by atoms with Crippen LogP contribution in [0.5, 0.6) is 0 Å². The Morgan fingerprint density at radius 2 is 1.22 bits per heavy atom. The summed E-state index contributed by atoms with van der Waals surface area (Å²) in [4.78, 5) is 12.3. The SMILES string of the molecule is COC(CO)C(OC1OC(CO)C(O)C(OC2OC(CO)C(O)C(OC3OC(CO)C(O)C(O)C3O)C2NC(C)=O)C1O)C(O)[C@H](O)CCO. The van der Waals surface area contributed by atoms with E-state index in [9.17, 15) is 71.2 Å². The molecule has 0 aliphatic carbocycles. The number of hydrogen-bond donors (Lipinski definition) is 14. The average Bonchev–Trinajstić information content (AvgIpc) is 3.09. The van der Waals surface area contributed by atoms with Gasteiger partial charge in [-0.25, -0.2) is 0 Å². The number of nitrogens with one attached hydrogen (secondary N) is 1. The highest BCUT2D eigenvalue weighted by Crippen LogP contribution is 2.33. The first-order valence-corrected chi connectivity index (χ1v) is 15.9. The minimum Gasteiger partial charge on any atom is -0.396 e. The molecule has 3 heterocycles. The molecule has 50 heavy (non-hydrogen) atoms. The fourth-order valence-electron chi connectivity index (χ4n) is 5.93. The first kappa shape index (κ1) is 43.1. The van der Waals surface area contributed by atoms with Crippen molar-refractivity contribution in [3.8, 4) is 0 Å². The van der Waals surface area contributed by atoms with Crippen LogP contribution in [0.4, 0.5) is 0 Å². The monoisotopic (exact) mass is 737 g/mol. The van der Waals surface area contributed by atoms with E-state index in [2.05, 4.69) is 5.32 Å². The molecule has 1 amide bonds. The molecule has 3 aliphatic rings. The van der Waals surface area contributed by atoms with E-state index in [0.717, 1.165) is 14.0 Å². The van der Waals surface area contributed by atoms with Gasteiger partial charge in [0.1, 0.15) is 91.5 Å². The maximum Gasteiger partial charge on any atom is 0.217 e. The molecule has 22 nitrogen and oxygen atoms in total. The highest BCUT2D eigenvalue weighted by atomic mass is 16.7. The van der Waals surface area contributed by atoms with Crippen molar-refractivity contribution >= 4 is 5.91 Å². The van der Waals surface area contributed by atoms with Gasteiger partial charge in [0.15, 0.2) is 18.9 Å². The third kappa shape index (κ3) is 9.80. The van der Waals surface area contributed by atoms with Crippen molar-refractivity contribution in [1.82, 2.24) is 5.32 Å². The number of amides is 1. The Hall–Kier alpha value is -1.33. The van der Waals surface area contributed by atoms with Crippen molar-refractivity contribution in [2.45, 2.75) is 130 Å². The summed E-state index contributed by atoms with van der Waals surface area (Å²) in [6.07, 6.45) is -31.8. The van der Waals surface area contributed by atoms with E-state index >= 15 is 0 Å². The van der Waals surface area contributed by atoms with Crippen LogP contribution in [0, 0.1) is 0 Å². The van der Waals surface area contributed by atoms with E-state index < -0.39 is 155 Å². The molecule has 3 fully saturated rings. The third-order valence-corrected chi connectivity index (χ3v) is 8.77. The second-order valence-electron chi connectivity index (χ2n) is 12.2. The van der Waals surface area contributed by atoms with Gasteiger partial charge in [-0.1, -0.05) is 0 Å². The van der Waals surface area contributed by atoms with Gasteiger partial charge in [0.25, 0.3) is 0 Å². The molecule has 19 atom stereocenters. The molecule has 294 valence electrons. The lowest BCUT2D eigenvalue weighted by Crippen LogP contribution is -2.70. The number of hydrogen-bond acceptors (Lipinski definition) is 21. The van der Waals surface area contributed by atoms with Crippen LogP contribution in [0.25, 0.3) is 0 Å². The van der Waals surface area contributed by atoms with Gasteiger partial charge in [-0.05, 0) is 6.42 Å². The minimum absolute atomic E-state index is 0.325. The van der Waals surface area contributed by atoms with Gasteiger partial charge in [0, 0.05) is 20.6 Å². The van der Waals surface area contributed by atoms with E-state index in [-0.39, 0.29) is 6.42 Å². The van der Waals surface area contributed by atoms with Gasteiger partial charge in [-0.15, -0.1) is 0 Å². The Morgan fingerprint density at radius 1 is 0.700 bits per heavy atom. The number of ether oxygens (including phenoxy) is 7. The number of methoxy groups -OCH3 is 1. The number of carbonyl (C=O) groups is 1. The van der Waals surface area contributed by atoms with Crippen molar-refractivity contribution in [1.29, 1.82) is 0 Å². The molecule has 18 unspecified atom stereocenters. The maximum absolute atomic E-state index is 12.3. The quantitative estimate of drug-likeness (QED) is 0.0659. The van der Waals surface area contributed by atoms with Crippen molar-refractivity contribution in [3.63, 3.8) is 0 Å². The largest absolute Gasteiger partial charge is 0.396 e. The number of rotatable bonds is 17. The molecule has 14 N–H and O–H groups in total. The predicted octanol–water partition coefficient (Wildman–Crippen LogP) is -8.92. The van der Waals surface area contributed by atoms with Crippen molar-refractivity contribution in [2.75, 3.05) is 40.1 Å². The molecule has 3 aliphatic heterocycles. The third-order valence-electron chi connectivity index (χ3n) is 8.77. The fourth-order valence-corrected chi connectivity index (χ4v) is 5.93. The molecule has 0 aromatic rings. The Morgan fingerprint density at radius 3 is 1.74 bits per heavy atom. The average molecular weight is 738 g/mol. The van der Waals surface area contributed by atoms with Crippen LogP contribution in [0.2, 0.25) is 0 Å². The second-order valence-corrected chi connectivity index (χ2v) is 12.2. The zero-order valence-electron chi connectivity index (χ0n) is 27.3. The van der Waals surface area contributed by atoms with Gasteiger partial charge in [0.2, 0.25) is 5.91 Å². The van der Waals surface area contributed by atoms with Crippen LogP contribution in [-0.4, -0.2) is 229 Å². The summed E-state index contributed by atoms with van der Waals surface area (Å²) in [5.41, 5.74) is 0. The highest BCUT2D eigenvalue weighted by Gasteiger charge is 2.55. The zero-order valence-corrected chi connectivity index (χ0v) is 27.3. The van der Waals surface area contributed by atoms with Crippen LogP contribution in [0.15, 0.2) is 0 Å².